The maximum Gasteiger partial charge on any atom is 0.325 e. The number of carboxylic acid groups (broad SMARTS) is 2. The average molecular weight is 437 g/mol. The highest BCUT2D eigenvalue weighted by Gasteiger charge is 2.33. The van der Waals surface area contributed by atoms with Gasteiger partial charge in [0.2, 0.25) is 0 Å². The molecule has 4 rings (SSSR count). The largest absolute Gasteiger partial charge is 0.480 e. The highest BCUT2D eigenvalue weighted by atomic mass is 19.1. The summed E-state index contributed by atoms with van der Waals surface area (Å²) in [5, 5.41) is 29.1. The first-order valence-corrected chi connectivity index (χ1v) is 9.96. The standard InChI is InChI=1S/C22H20FN5O4/c23-15-3-4-16-17(12-28(13-19(29)30)18(16)10-15)20(22(31)32)26-6-8-27(9-7-26)21-14(11-24)2-1-5-25-21/h1-5,10,12,20H,6-9,13H2,(H,29,30)(H,31,32). The normalized spacial score (nSPS) is 15.4. The lowest BCUT2D eigenvalue weighted by atomic mass is 10.0. The highest BCUT2D eigenvalue weighted by molar-refractivity contribution is 5.90. The van der Waals surface area contributed by atoms with Crippen LogP contribution in [0.3, 0.4) is 0 Å². The molecule has 1 aromatic carbocycles. The number of carbonyl (C=O) groups is 2. The molecule has 1 saturated heterocycles. The molecule has 0 saturated carbocycles. The zero-order chi connectivity index (χ0) is 22.8. The molecular formula is C22H20FN5O4. The van der Waals surface area contributed by atoms with Gasteiger partial charge in [-0.3, -0.25) is 14.5 Å². The number of rotatable bonds is 6. The van der Waals surface area contributed by atoms with Crippen molar-refractivity contribution in [1.29, 1.82) is 5.26 Å². The van der Waals surface area contributed by atoms with Gasteiger partial charge in [0, 0.05) is 49.5 Å². The third kappa shape index (κ3) is 3.98. The summed E-state index contributed by atoms with van der Waals surface area (Å²) < 4.78 is 15.2. The number of pyridine rings is 1. The average Bonchev–Trinajstić information content (AvgIpc) is 3.10. The first kappa shape index (κ1) is 21.3. The quantitative estimate of drug-likeness (QED) is 0.601. The van der Waals surface area contributed by atoms with E-state index < -0.39 is 30.3 Å². The van der Waals surface area contributed by atoms with E-state index in [1.165, 1.54) is 29.0 Å². The van der Waals surface area contributed by atoms with Crippen molar-refractivity contribution in [2.45, 2.75) is 12.6 Å². The zero-order valence-electron chi connectivity index (χ0n) is 17.0. The van der Waals surface area contributed by atoms with E-state index in [-0.39, 0.29) is 0 Å². The number of benzene rings is 1. The van der Waals surface area contributed by atoms with Crippen molar-refractivity contribution >= 4 is 28.7 Å². The Bertz CT molecular complexity index is 1230. The maximum atomic E-state index is 13.8. The Balaban J connectivity index is 1.64. The summed E-state index contributed by atoms with van der Waals surface area (Å²) in [6.45, 7) is 1.32. The molecule has 164 valence electrons. The van der Waals surface area contributed by atoms with E-state index in [0.717, 1.165) is 0 Å². The number of fused-ring (bicyclic) bond motifs is 1. The van der Waals surface area contributed by atoms with Gasteiger partial charge >= 0.3 is 11.9 Å². The summed E-state index contributed by atoms with van der Waals surface area (Å²) in [4.78, 5) is 31.6. The van der Waals surface area contributed by atoms with Crippen molar-refractivity contribution in [2.75, 3.05) is 31.1 Å². The lowest BCUT2D eigenvalue weighted by Crippen LogP contribution is -2.49. The second-order valence-corrected chi connectivity index (χ2v) is 7.52. The summed E-state index contributed by atoms with van der Waals surface area (Å²) in [6.07, 6.45) is 3.09. The molecule has 0 amide bonds. The smallest absolute Gasteiger partial charge is 0.325 e. The maximum absolute atomic E-state index is 13.8. The molecular weight excluding hydrogens is 417 g/mol. The minimum absolute atomic E-state index is 0.333. The minimum Gasteiger partial charge on any atom is -0.480 e. The van der Waals surface area contributed by atoms with Crippen LogP contribution in [0.2, 0.25) is 0 Å². The number of nitrogens with zero attached hydrogens (tertiary/aromatic N) is 5. The van der Waals surface area contributed by atoms with E-state index >= 15 is 0 Å². The molecule has 2 N–H and O–H groups in total. The predicted molar refractivity (Wildman–Crippen MR) is 113 cm³/mol. The number of hydrogen-bond acceptors (Lipinski definition) is 6. The Labute approximate surface area is 182 Å². The first-order chi connectivity index (χ1) is 15.4. The van der Waals surface area contributed by atoms with E-state index in [2.05, 4.69) is 11.1 Å². The monoisotopic (exact) mass is 437 g/mol. The number of nitriles is 1. The van der Waals surface area contributed by atoms with Gasteiger partial charge in [0.1, 0.15) is 30.3 Å². The van der Waals surface area contributed by atoms with E-state index in [4.69, 9.17) is 0 Å². The Morgan fingerprint density at radius 1 is 1.19 bits per heavy atom. The van der Waals surface area contributed by atoms with Crippen LogP contribution in [-0.4, -0.2) is 62.8 Å². The van der Waals surface area contributed by atoms with Gasteiger partial charge in [0.15, 0.2) is 0 Å². The molecule has 1 unspecified atom stereocenters. The van der Waals surface area contributed by atoms with Gasteiger partial charge in [-0.15, -0.1) is 0 Å². The summed E-state index contributed by atoms with van der Waals surface area (Å²) >= 11 is 0. The number of carboxylic acids is 2. The molecule has 3 heterocycles. The number of anilines is 1. The van der Waals surface area contributed by atoms with Crippen molar-refractivity contribution in [3.05, 3.63) is 59.7 Å². The molecule has 10 heteroatoms. The fraction of sp³-hybridized carbons (Fsp3) is 0.273. The van der Waals surface area contributed by atoms with Gasteiger partial charge in [-0.2, -0.15) is 5.26 Å². The SMILES string of the molecule is N#Cc1cccnc1N1CCN(C(C(=O)O)c2cn(CC(=O)O)c3cc(F)ccc23)CC1. The molecule has 0 bridgehead atoms. The van der Waals surface area contributed by atoms with Gasteiger partial charge in [-0.25, -0.2) is 9.37 Å². The lowest BCUT2D eigenvalue weighted by molar-refractivity contribution is -0.143. The highest BCUT2D eigenvalue weighted by Crippen LogP contribution is 2.32. The van der Waals surface area contributed by atoms with Crippen LogP contribution < -0.4 is 4.90 Å². The topological polar surface area (TPSA) is 123 Å². The van der Waals surface area contributed by atoms with Crippen molar-refractivity contribution < 1.29 is 24.2 Å². The van der Waals surface area contributed by atoms with Gasteiger partial charge in [0.05, 0.1) is 11.1 Å². The van der Waals surface area contributed by atoms with Crippen molar-refractivity contribution in [3.63, 3.8) is 0 Å². The molecule has 1 aliphatic rings. The molecule has 0 spiro atoms. The summed E-state index contributed by atoms with van der Waals surface area (Å²) in [7, 11) is 0. The molecule has 1 fully saturated rings. The molecule has 2 aromatic heterocycles. The van der Waals surface area contributed by atoms with Crippen molar-refractivity contribution in [3.8, 4) is 6.07 Å². The molecule has 3 aromatic rings. The zero-order valence-corrected chi connectivity index (χ0v) is 17.0. The third-order valence-electron chi connectivity index (χ3n) is 5.60. The summed E-state index contributed by atoms with van der Waals surface area (Å²) in [5.41, 5.74) is 1.20. The van der Waals surface area contributed by atoms with Crippen LogP contribution in [0.25, 0.3) is 10.9 Å². The van der Waals surface area contributed by atoms with Crippen molar-refractivity contribution in [2.24, 2.45) is 0 Å². The Morgan fingerprint density at radius 2 is 1.94 bits per heavy atom. The predicted octanol–water partition coefficient (Wildman–Crippen LogP) is 2.08. The molecule has 0 aliphatic carbocycles. The summed E-state index contributed by atoms with van der Waals surface area (Å²) in [6, 6.07) is 8.40. The van der Waals surface area contributed by atoms with Gasteiger partial charge in [-0.05, 0) is 30.3 Å². The van der Waals surface area contributed by atoms with E-state index in [1.54, 1.807) is 23.2 Å². The van der Waals surface area contributed by atoms with Crippen LogP contribution >= 0.6 is 0 Å². The third-order valence-corrected chi connectivity index (χ3v) is 5.60. The van der Waals surface area contributed by atoms with Crippen molar-refractivity contribution in [1.82, 2.24) is 14.5 Å². The molecule has 9 nitrogen and oxygen atoms in total. The van der Waals surface area contributed by atoms with Gasteiger partial charge < -0.3 is 19.7 Å². The number of piperazine rings is 1. The van der Waals surface area contributed by atoms with Crippen LogP contribution in [0, 0.1) is 17.1 Å². The lowest BCUT2D eigenvalue weighted by Gasteiger charge is -2.38. The summed E-state index contributed by atoms with van der Waals surface area (Å²) in [5.74, 6) is -2.15. The van der Waals surface area contributed by atoms with Crippen LogP contribution in [0.5, 0.6) is 0 Å². The minimum atomic E-state index is -1.11. The number of halogens is 1. The fourth-order valence-electron chi connectivity index (χ4n) is 4.20. The van der Waals surface area contributed by atoms with E-state index in [1.807, 2.05) is 4.90 Å². The second-order valence-electron chi connectivity index (χ2n) is 7.52. The Hall–Kier alpha value is -3.97. The Kier molecular flexibility index (Phi) is 5.75. The second kappa shape index (κ2) is 8.64. The van der Waals surface area contributed by atoms with Crippen LogP contribution in [0.15, 0.2) is 42.7 Å². The van der Waals surface area contributed by atoms with Gasteiger partial charge in [-0.1, -0.05) is 0 Å². The molecule has 1 atom stereocenters. The van der Waals surface area contributed by atoms with Gasteiger partial charge in [0.25, 0.3) is 0 Å². The number of hydrogen-bond donors (Lipinski definition) is 2. The number of aromatic nitrogens is 2. The Morgan fingerprint density at radius 3 is 2.59 bits per heavy atom. The van der Waals surface area contributed by atoms with E-state index in [0.29, 0.717) is 54.0 Å². The molecule has 0 radical (unpaired) electrons. The first-order valence-electron chi connectivity index (χ1n) is 9.96. The molecule has 32 heavy (non-hydrogen) atoms. The van der Waals surface area contributed by atoms with Crippen LogP contribution in [-0.2, 0) is 16.1 Å². The van der Waals surface area contributed by atoms with E-state index in [9.17, 15) is 29.5 Å². The molecule has 1 aliphatic heterocycles. The van der Waals surface area contributed by atoms with Crippen LogP contribution in [0.4, 0.5) is 10.2 Å². The number of aliphatic carboxylic acids is 2. The fourth-order valence-corrected chi connectivity index (χ4v) is 4.20. The van der Waals surface area contributed by atoms with Crippen LogP contribution in [0.1, 0.15) is 17.2 Å².